The third kappa shape index (κ3) is 1.91. The van der Waals surface area contributed by atoms with Gasteiger partial charge in [0.25, 0.3) is 0 Å². The summed E-state index contributed by atoms with van der Waals surface area (Å²) in [6.45, 7) is 7.96. The molecule has 0 saturated carbocycles. The van der Waals surface area contributed by atoms with Crippen molar-refractivity contribution in [3.8, 4) is 0 Å². The number of anilines is 1. The Labute approximate surface area is 107 Å². The Morgan fingerprint density at radius 1 is 1.28 bits per heavy atom. The fraction of sp³-hybridized carbons (Fsp3) is 0.333. The number of nitrogens with zero attached hydrogens (tertiary/aromatic N) is 1. The van der Waals surface area contributed by atoms with Gasteiger partial charge in [0.1, 0.15) is 11.3 Å². The van der Waals surface area contributed by atoms with E-state index in [1.54, 1.807) is 0 Å². The number of nitrogens with one attached hydrogen (secondary N) is 1. The van der Waals surface area contributed by atoms with Crippen LogP contribution in [0.2, 0.25) is 0 Å². The predicted molar refractivity (Wildman–Crippen MR) is 75.2 cm³/mol. The lowest BCUT2D eigenvalue weighted by Gasteiger charge is -2.29. The number of rotatable bonds is 3. The van der Waals surface area contributed by atoms with E-state index in [1.807, 2.05) is 18.2 Å². The summed E-state index contributed by atoms with van der Waals surface area (Å²) < 4.78 is 5.96. The van der Waals surface area contributed by atoms with E-state index in [0.29, 0.717) is 0 Å². The van der Waals surface area contributed by atoms with Crippen LogP contribution >= 0.6 is 0 Å². The molecule has 1 saturated heterocycles. The van der Waals surface area contributed by atoms with Crippen molar-refractivity contribution in [3.05, 3.63) is 42.7 Å². The maximum absolute atomic E-state index is 5.96. The van der Waals surface area contributed by atoms with Gasteiger partial charge in [-0.2, -0.15) is 0 Å². The van der Waals surface area contributed by atoms with Crippen LogP contribution in [-0.2, 0) is 6.42 Å². The number of fused-ring (bicyclic) bond motifs is 1. The third-order valence-electron chi connectivity index (χ3n) is 3.40. The van der Waals surface area contributed by atoms with Gasteiger partial charge in [-0.05, 0) is 12.1 Å². The molecule has 0 spiro atoms. The number of para-hydroxylation sites is 1. The second kappa shape index (κ2) is 4.86. The van der Waals surface area contributed by atoms with Crippen molar-refractivity contribution in [2.45, 2.75) is 6.42 Å². The lowest BCUT2D eigenvalue weighted by molar-refractivity contribution is 0.550. The van der Waals surface area contributed by atoms with Crippen molar-refractivity contribution < 1.29 is 4.42 Å². The van der Waals surface area contributed by atoms with Crippen molar-refractivity contribution in [1.82, 2.24) is 5.32 Å². The summed E-state index contributed by atoms with van der Waals surface area (Å²) in [5.41, 5.74) is 2.23. The van der Waals surface area contributed by atoms with Crippen LogP contribution in [0.4, 0.5) is 5.69 Å². The molecular formula is C15H18N2O. The molecule has 0 amide bonds. The quantitative estimate of drug-likeness (QED) is 0.839. The summed E-state index contributed by atoms with van der Waals surface area (Å²) in [6, 6.07) is 8.27. The van der Waals surface area contributed by atoms with Crippen LogP contribution < -0.4 is 10.2 Å². The number of allylic oxidation sites excluding steroid dienone is 1. The minimum absolute atomic E-state index is 0.786. The lowest BCUT2D eigenvalue weighted by atomic mass is 10.1. The monoisotopic (exact) mass is 242 g/mol. The second-order valence-electron chi connectivity index (χ2n) is 4.60. The molecule has 0 unspecified atom stereocenters. The topological polar surface area (TPSA) is 28.4 Å². The molecule has 2 heterocycles. The fourth-order valence-electron chi connectivity index (χ4n) is 2.59. The smallest absolute Gasteiger partial charge is 0.136 e. The summed E-state index contributed by atoms with van der Waals surface area (Å²) in [5.74, 6) is 1.04. The highest BCUT2D eigenvalue weighted by atomic mass is 16.3. The van der Waals surface area contributed by atoms with E-state index in [-0.39, 0.29) is 0 Å². The molecule has 1 aromatic carbocycles. The van der Waals surface area contributed by atoms with Crippen LogP contribution in [0.15, 0.2) is 41.3 Å². The molecule has 0 aliphatic carbocycles. The van der Waals surface area contributed by atoms with E-state index < -0.39 is 0 Å². The molecule has 1 fully saturated rings. The Balaban J connectivity index is 2.10. The average Bonchev–Trinajstić information content (AvgIpc) is 2.78. The van der Waals surface area contributed by atoms with E-state index in [2.05, 4.69) is 28.9 Å². The highest BCUT2D eigenvalue weighted by molar-refractivity contribution is 5.93. The molecule has 1 aromatic heterocycles. The van der Waals surface area contributed by atoms with Crippen LogP contribution in [-0.4, -0.2) is 26.2 Å². The van der Waals surface area contributed by atoms with E-state index >= 15 is 0 Å². The summed E-state index contributed by atoms with van der Waals surface area (Å²) in [4.78, 5) is 2.42. The molecule has 0 bridgehead atoms. The third-order valence-corrected chi connectivity index (χ3v) is 3.40. The van der Waals surface area contributed by atoms with E-state index in [0.717, 1.165) is 43.9 Å². The first kappa shape index (κ1) is 11.4. The first-order valence-electron chi connectivity index (χ1n) is 6.47. The molecule has 1 aliphatic heterocycles. The largest absolute Gasteiger partial charge is 0.458 e. The standard InChI is InChI=1S/C15H18N2O/c1-2-5-14-15(17-10-8-16-9-11-17)12-6-3-4-7-13(12)18-14/h2-4,6-7,16H,1,5,8-11H2. The van der Waals surface area contributed by atoms with Crippen molar-refractivity contribution in [2.75, 3.05) is 31.1 Å². The first-order chi connectivity index (χ1) is 8.90. The minimum atomic E-state index is 0.786. The van der Waals surface area contributed by atoms with Gasteiger partial charge in [-0.25, -0.2) is 0 Å². The SMILES string of the molecule is C=CCc1oc2ccccc2c1N1CCNCC1. The van der Waals surface area contributed by atoms with Gasteiger partial charge in [0.2, 0.25) is 0 Å². The molecule has 1 N–H and O–H groups in total. The van der Waals surface area contributed by atoms with Gasteiger partial charge in [-0.15, -0.1) is 6.58 Å². The molecule has 1 aliphatic rings. The number of hydrogen-bond acceptors (Lipinski definition) is 3. The van der Waals surface area contributed by atoms with E-state index in [1.165, 1.54) is 11.1 Å². The zero-order valence-electron chi connectivity index (χ0n) is 10.5. The first-order valence-corrected chi connectivity index (χ1v) is 6.47. The van der Waals surface area contributed by atoms with Crippen LogP contribution in [0.25, 0.3) is 11.0 Å². The molecular weight excluding hydrogens is 224 g/mol. The Kier molecular flexibility index (Phi) is 3.07. The molecule has 2 aromatic rings. The van der Waals surface area contributed by atoms with Crippen LogP contribution in [0, 0.1) is 0 Å². The highest BCUT2D eigenvalue weighted by Gasteiger charge is 2.20. The van der Waals surface area contributed by atoms with Crippen LogP contribution in [0.5, 0.6) is 0 Å². The Morgan fingerprint density at radius 2 is 2.06 bits per heavy atom. The van der Waals surface area contributed by atoms with Crippen LogP contribution in [0.3, 0.4) is 0 Å². The number of benzene rings is 1. The van der Waals surface area contributed by atoms with Crippen molar-refractivity contribution in [3.63, 3.8) is 0 Å². The number of furan rings is 1. The number of piperazine rings is 1. The molecule has 0 radical (unpaired) electrons. The highest BCUT2D eigenvalue weighted by Crippen LogP contribution is 2.34. The molecule has 18 heavy (non-hydrogen) atoms. The molecule has 3 nitrogen and oxygen atoms in total. The molecule has 3 rings (SSSR count). The Morgan fingerprint density at radius 3 is 2.83 bits per heavy atom. The van der Waals surface area contributed by atoms with Crippen molar-refractivity contribution in [1.29, 1.82) is 0 Å². The summed E-state index contributed by atoms with van der Waals surface area (Å²) in [7, 11) is 0. The van der Waals surface area contributed by atoms with Gasteiger partial charge in [0.05, 0.1) is 5.69 Å². The zero-order chi connectivity index (χ0) is 12.4. The average molecular weight is 242 g/mol. The molecule has 94 valence electrons. The van der Waals surface area contributed by atoms with Gasteiger partial charge in [0, 0.05) is 38.0 Å². The maximum atomic E-state index is 5.96. The van der Waals surface area contributed by atoms with Gasteiger partial charge >= 0.3 is 0 Å². The Hall–Kier alpha value is -1.74. The fourth-order valence-corrected chi connectivity index (χ4v) is 2.59. The lowest BCUT2D eigenvalue weighted by Crippen LogP contribution is -2.43. The van der Waals surface area contributed by atoms with Gasteiger partial charge < -0.3 is 14.6 Å². The van der Waals surface area contributed by atoms with Crippen LogP contribution in [0.1, 0.15) is 5.76 Å². The minimum Gasteiger partial charge on any atom is -0.458 e. The predicted octanol–water partition coefficient (Wildman–Crippen LogP) is 2.57. The van der Waals surface area contributed by atoms with Crippen molar-refractivity contribution >= 4 is 16.7 Å². The van der Waals surface area contributed by atoms with E-state index in [9.17, 15) is 0 Å². The number of hydrogen-bond donors (Lipinski definition) is 1. The van der Waals surface area contributed by atoms with Gasteiger partial charge in [0.15, 0.2) is 0 Å². The van der Waals surface area contributed by atoms with Gasteiger partial charge in [-0.3, -0.25) is 0 Å². The van der Waals surface area contributed by atoms with E-state index in [4.69, 9.17) is 4.42 Å². The zero-order valence-corrected chi connectivity index (χ0v) is 10.5. The summed E-state index contributed by atoms with van der Waals surface area (Å²) >= 11 is 0. The second-order valence-corrected chi connectivity index (χ2v) is 4.60. The van der Waals surface area contributed by atoms with Gasteiger partial charge in [-0.1, -0.05) is 18.2 Å². The Bertz CT molecular complexity index is 553. The molecule has 0 atom stereocenters. The summed E-state index contributed by atoms with van der Waals surface area (Å²) in [5, 5.41) is 4.60. The molecule has 3 heteroatoms. The normalized spacial score (nSPS) is 16.1. The maximum Gasteiger partial charge on any atom is 0.136 e. The van der Waals surface area contributed by atoms with Crippen molar-refractivity contribution in [2.24, 2.45) is 0 Å². The summed E-state index contributed by atoms with van der Waals surface area (Å²) in [6.07, 6.45) is 2.69.